The van der Waals surface area contributed by atoms with Gasteiger partial charge in [0.2, 0.25) is 10.0 Å². The lowest BCUT2D eigenvalue weighted by Gasteiger charge is -2.19. The summed E-state index contributed by atoms with van der Waals surface area (Å²) in [7, 11) is -3.70. The second kappa shape index (κ2) is 7.52. The summed E-state index contributed by atoms with van der Waals surface area (Å²) in [5.74, 6) is 0. The molecule has 0 aliphatic carbocycles. The Labute approximate surface area is 164 Å². The van der Waals surface area contributed by atoms with Crippen LogP contribution in [-0.4, -0.2) is 40.0 Å². The highest BCUT2D eigenvalue weighted by Gasteiger charge is 2.28. The van der Waals surface area contributed by atoms with Crippen molar-refractivity contribution < 1.29 is 8.42 Å². The Hall–Kier alpha value is -2.45. The Morgan fingerprint density at radius 3 is 2.50 bits per heavy atom. The van der Waals surface area contributed by atoms with Crippen molar-refractivity contribution in [1.82, 2.24) is 18.5 Å². The lowest BCUT2D eigenvalue weighted by Crippen LogP contribution is -2.32. The minimum atomic E-state index is -3.70. The van der Waals surface area contributed by atoms with E-state index in [9.17, 15) is 13.2 Å². The molecule has 0 amide bonds. The Morgan fingerprint density at radius 1 is 1.04 bits per heavy atom. The van der Waals surface area contributed by atoms with Crippen molar-refractivity contribution in [3.05, 3.63) is 64.2 Å². The van der Waals surface area contributed by atoms with Crippen molar-refractivity contribution in [2.75, 3.05) is 13.1 Å². The highest BCUT2D eigenvalue weighted by Crippen LogP contribution is 2.22. The normalized spacial score (nSPS) is 16.3. The average molecular weight is 401 g/mol. The topological polar surface area (TPSA) is 76.7 Å². The average Bonchev–Trinajstić information content (AvgIpc) is 2.86. The maximum atomic E-state index is 13.2. The quantitative estimate of drug-likeness (QED) is 0.674. The van der Waals surface area contributed by atoms with Crippen LogP contribution in [0.4, 0.5) is 0 Å². The second-order valence-electron chi connectivity index (χ2n) is 7.31. The maximum Gasteiger partial charge on any atom is 0.350 e. The van der Waals surface area contributed by atoms with Crippen molar-refractivity contribution in [1.29, 1.82) is 0 Å². The van der Waals surface area contributed by atoms with Gasteiger partial charge >= 0.3 is 5.69 Å². The minimum absolute atomic E-state index is 0.0944. The first-order chi connectivity index (χ1) is 13.5. The third kappa shape index (κ3) is 3.49. The van der Waals surface area contributed by atoms with Crippen molar-refractivity contribution in [2.45, 2.75) is 44.0 Å². The maximum absolute atomic E-state index is 13.2. The molecule has 0 bridgehead atoms. The van der Waals surface area contributed by atoms with Gasteiger partial charge in [0.1, 0.15) is 4.90 Å². The summed E-state index contributed by atoms with van der Waals surface area (Å²) in [6.07, 6.45) is 5.37. The Balaban J connectivity index is 1.77. The number of rotatable bonds is 4. The fourth-order valence-electron chi connectivity index (χ4n) is 3.72. The molecular weight excluding hydrogens is 376 g/mol. The number of hydrogen-bond acceptors (Lipinski definition) is 4. The first-order valence-corrected chi connectivity index (χ1v) is 11.0. The minimum Gasteiger partial charge on any atom is -0.249 e. The number of nitrogens with zero attached hydrogens (tertiary/aromatic N) is 4. The molecule has 7 nitrogen and oxygen atoms in total. The predicted molar refractivity (Wildman–Crippen MR) is 107 cm³/mol. The smallest absolute Gasteiger partial charge is 0.249 e. The summed E-state index contributed by atoms with van der Waals surface area (Å²) >= 11 is 0. The monoisotopic (exact) mass is 400 g/mol. The van der Waals surface area contributed by atoms with Gasteiger partial charge < -0.3 is 0 Å². The molecule has 0 N–H and O–H groups in total. The number of pyridine rings is 1. The van der Waals surface area contributed by atoms with Crippen molar-refractivity contribution >= 4 is 15.7 Å². The fraction of sp³-hybridized carbons (Fsp3) is 0.400. The van der Waals surface area contributed by atoms with Gasteiger partial charge in [0.05, 0.1) is 6.54 Å². The summed E-state index contributed by atoms with van der Waals surface area (Å²) in [6, 6.07) is 11.0. The van der Waals surface area contributed by atoms with Crippen LogP contribution in [0.3, 0.4) is 0 Å². The van der Waals surface area contributed by atoms with E-state index in [2.05, 4.69) is 5.10 Å². The van der Waals surface area contributed by atoms with Crippen LogP contribution in [0, 0.1) is 6.92 Å². The van der Waals surface area contributed by atoms with Crippen LogP contribution in [0.15, 0.2) is 52.3 Å². The Kier molecular flexibility index (Phi) is 5.07. The van der Waals surface area contributed by atoms with E-state index in [4.69, 9.17) is 0 Å². The van der Waals surface area contributed by atoms with Crippen molar-refractivity contribution in [2.24, 2.45) is 0 Å². The highest BCUT2D eigenvalue weighted by atomic mass is 32.2. The van der Waals surface area contributed by atoms with Gasteiger partial charge in [-0.1, -0.05) is 42.7 Å². The number of hydrogen-bond donors (Lipinski definition) is 0. The van der Waals surface area contributed by atoms with E-state index in [1.54, 1.807) is 18.3 Å². The van der Waals surface area contributed by atoms with Gasteiger partial charge in [-0.25, -0.2) is 22.3 Å². The standard InChI is InChI=1S/C20H24N4O3S/c1-16-8-6-9-17(14-16)15-24-20(25)23-13-7-10-18(19(23)21-24)28(26,27)22-11-4-2-3-5-12-22/h6-10,13-14H,2-5,11-12,15H2,1H3. The molecule has 8 heteroatoms. The molecule has 1 aliphatic rings. The summed E-state index contributed by atoms with van der Waals surface area (Å²) in [5, 5.41) is 4.38. The zero-order valence-electron chi connectivity index (χ0n) is 15.9. The Bertz CT molecular complexity index is 1160. The number of aromatic nitrogens is 3. The molecule has 1 saturated heterocycles. The van der Waals surface area contributed by atoms with Crippen LogP contribution >= 0.6 is 0 Å². The van der Waals surface area contributed by atoms with Gasteiger partial charge in [-0.2, -0.15) is 4.31 Å². The molecule has 3 heterocycles. The second-order valence-corrected chi connectivity index (χ2v) is 9.22. The zero-order chi connectivity index (χ0) is 19.7. The molecule has 148 valence electrons. The predicted octanol–water partition coefficient (Wildman–Crippen LogP) is 2.42. The first kappa shape index (κ1) is 18.9. The number of benzene rings is 1. The van der Waals surface area contributed by atoms with E-state index in [-0.39, 0.29) is 16.2 Å². The molecule has 0 radical (unpaired) electrons. The number of sulfonamides is 1. The lowest BCUT2D eigenvalue weighted by atomic mass is 10.1. The molecule has 0 saturated carbocycles. The third-order valence-electron chi connectivity index (χ3n) is 5.17. The molecule has 28 heavy (non-hydrogen) atoms. The summed E-state index contributed by atoms with van der Waals surface area (Å²) < 4.78 is 30.6. The van der Waals surface area contributed by atoms with Gasteiger partial charge in [-0.3, -0.25) is 0 Å². The third-order valence-corrected chi connectivity index (χ3v) is 7.09. The lowest BCUT2D eigenvalue weighted by molar-refractivity contribution is 0.424. The van der Waals surface area contributed by atoms with Gasteiger partial charge in [0.15, 0.2) is 5.65 Å². The zero-order valence-corrected chi connectivity index (χ0v) is 16.7. The van der Waals surface area contributed by atoms with Crippen LogP contribution in [-0.2, 0) is 16.6 Å². The SMILES string of the molecule is Cc1cccc(Cn2nc3c(S(=O)(=O)N4CCCCCC4)cccn3c2=O)c1. The molecule has 0 unspecified atom stereocenters. The van der Waals surface area contributed by atoms with Gasteiger partial charge in [-0.15, -0.1) is 5.10 Å². The summed E-state index contributed by atoms with van der Waals surface area (Å²) in [4.78, 5) is 12.9. The van der Waals surface area contributed by atoms with Crippen LogP contribution < -0.4 is 5.69 Å². The van der Waals surface area contributed by atoms with E-state index in [0.29, 0.717) is 19.6 Å². The van der Waals surface area contributed by atoms with E-state index in [1.807, 2.05) is 31.2 Å². The Morgan fingerprint density at radius 2 is 1.79 bits per heavy atom. The molecule has 1 fully saturated rings. The molecule has 0 spiro atoms. The van der Waals surface area contributed by atoms with Crippen LogP contribution in [0.2, 0.25) is 0 Å². The van der Waals surface area contributed by atoms with Crippen LogP contribution in [0.25, 0.3) is 5.65 Å². The molecule has 3 aromatic rings. The van der Waals surface area contributed by atoms with E-state index < -0.39 is 10.0 Å². The highest BCUT2D eigenvalue weighted by molar-refractivity contribution is 7.89. The van der Waals surface area contributed by atoms with Gasteiger partial charge in [-0.05, 0) is 37.5 Å². The first-order valence-electron chi connectivity index (χ1n) is 9.61. The summed E-state index contributed by atoms with van der Waals surface area (Å²) in [6.45, 7) is 3.31. The summed E-state index contributed by atoms with van der Waals surface area (Å²) in [5.41, 5.74) is 1.88. The van der Waals surface area contributed by atoms with E-state index >= 15 is 0 Å². The van der Waals surface area contributed by atoms with E-state index in [1.165, 1.54) is 13.4 Å². The molecule has 1 aromatic carbocycles. The van der Waals surface area contributed by atoms with Gasteiger partial charge in [0, 0.05) is 19.3 Å². The number of aryl methyl sites for hydroxylation is 1. The molecule has 4 rings (SSSR count). The molecular formula is C20H24N4O3S. The molecule has 0 atom stereocenters. The fourth-order valence-corrected chi connectivity index (χ4v) is 5.36. The van der Waals surface area contributed by atoms with Gasteiger partial charge in [0.25, 0.3) is 0 Å². The van der Waals surface area contributed by atoms with Crippen molar-refractivity contribution in [3.8, 4) is 0 Å². The molecule has 2 aromatic heterocycles. The van der Waals surface area contributed by atoms with Crippen LogP contribution in [0.1, 0.15) is 36.8 Å². The van der Waals surface area contributed by atoms with E-state index in [0.717, 1.165) is 36.8 Å². The molecule has 1 aliphatic heterocycles. The largest absolute Gasteiger partial charge is 0.350 e. The van der Waals surface area contributed by atoms with Crippen LogP contribution in [0.5, 0.6) is 0 Å². The number of fused-ring (bicyclic) bond motifs is 1. The van der Waals surface area contributed by atoms with Crippen molar-refractivity contribution in [3.63, 3.8) is 0 Å².